The van der Waals surface area contributed by atoms with E-state index in [1.54, 1.807) is 10.7 Å². The summed E-state index contributed by atoms with van der Waals surface area (Å²) in [5.74, 6) is -0.646. The van der Waals surface area contributed by atoms with Gasteiger partial charge in [0.25, 0.3) is 5.91 Å². The predicted octanol–water partition coefficient (Wildman–Crippen LogP) is 2.95. The predicted molar refractivity (Wildman–Crippen MR) is 101 cm³/mol. The number of imidazole rings is 1. The summed E-state index contributed by atoms with van der Waals surface area (Å²) >= 11 is 6.12. The fourth-order valence-corrected chi connectivity index (χ4v) is 2.79. The molecule has 2 N–H and O–H groups in total. The first-order valence-electron chi connectivity index (χ1n) is 8.15. The van der Waals surface area contributed by atoms with Gasteiger partial charge in [-0.2, -0.15) is 10.2 Å². The highest BCUT2D eigenvalue weighted by atomic mass is 35.5. The van der Waals surface area contributed by atoms with E-state index in [1.165, 1.54) is 23.0 Å². The van der Waals surface area contributed by atoms with Crippen molar-refractivity contribution in [3.05, 3.63) is 59.1 Å². The summed E-state index contributed by atoms with van der Waals surface area (Å²) < 4.78 is 16.8. The number of anilines is 3. The number of hydrogen-bond donors (Lipinski definition) is 2. The highest BCUT2D eigenvalue weighted by molar-refractivity contribution is 6.29. The number of nitrogens with zero attached hydrogens (tertiary/aromatic N) is 6. The second-order valence-electron chi connectivity index (χ2n) is 5.99. The summed E-state index contributed by atoms with van der Waals surface area (Å²) in [6.45, 7) is 1.92. The van der Waals surface area contributed by atoms with Gasteiger partial charge in [-0.05, 0) is 13.0 Å². The van der Waals surface area contributed by atoms with Crippen LogP contribution < -0.4 is 10.6 Å². The van der Waals surface area contributed by atoms with Crippen LogP contribution in [0.25, 0.3) is 5.65 Å². The first kappa shape index (κ1) is 17.9. The Balaban J connectivity index is 1.70. The zero-order chi connectivity index (χ0) is 19.8. The van der Waals surface area contributed by atoms with Crippen molar-refractivity contribution in [2.45, 2.75) is 6.92 Å². The van der Waals surface area contributed by atoms with Crippen LogP contribution in [-0.2, 0) is 7.05 Å². The van der Waals surface area contributed by atoms with Gasteiger partial charge in [0.2, 0.25) is 0 Å². The van der Waals surface area contributed by atoms with Gasteiger partial charge in [-0.25, -0.2) is 13.9 Å². The van der Waals surface area contributed by atoms with Crippen LogP contribution in [0.2, 0.25) is 5.15 Å². The zero-order valence-electron chi connectivity index (χ0n) is 14.8. The average molecular weight is 401 g/mol. The van der Waals surface area contributed by atoms with Crippen molar-refractivity contribution in [2.75, 3.05) is 10.6 Å². The standard InChI is InChI=1S/C17H14ClFN8O/c1-9-5-15(25-26(9)2)22-12-6-14(18)24-27-13(8-21-16(12)27)17(28)23-11-3-4-20-7-10(11)19/h3-8H,1-2H3,(H,22,25)(H,20,23,28). The second-order valence-corrected chi connectivity index (χ2v) is 6.38. The molecule has 0 aliphatic rings. The monoisotopic (exact) mass is 400 g/mol. The Labute approximate surface area is 163 Å². The number of carbonyl (C=O) groups excluding carboxylic acids is 1. The van der Waals surface area contributed by atoms with E-state index in [0.29, 0.717) is 17.2 Å². The number of aromatic nitrogens is 6. The van der Waals surface area contributed by atoms with Crippen molar-refractivity contribution in [3.63, 3.8) is 0 Å². The minimum absolute atomic E-state index is 0.000660. The Bertz CT molecular complexity index is 1180. The lowest BCUT2D eigenvalue weighted by molar-refractivity contribution is 0.102. The van der Waals surface area contributed by atoms with Crippen LogP contribution >= 0.6 is 11.6 Å². The van der Waals surface area contributed by atoms with E-state index in [2.05, 4.69) is 30.8 Å². The highest BCUT2D eigenvalue weighted by Gasteiger charge is 2.18. The number of halogens is 2. The molecule has 1 amide bonds. The Morgan fingerprint density at radius 3 is 2.75 bits per heavy atom. The van der Waals surface area contributed by atoms with Crippen LogP contribution in [0.4, 0.5) is 21.6 Å². The van der Waals surface area contributed by atoms with Crippen LogP contribution in [0.1, 0.15) is 16.2 Å². The molecule has 0 aliphatic heterocycles. The molecule has 0 radical (unpaired) electrons. The third kappa shape index (κ3) is 3.25. The highest BCUT2D eigenvalue weighted by Crippen LogP contribution is 2.24. The molecule has 4 aromatic heterocycles. The molecule has 0 spiro atoms. The van der Waals surface area contributed by atoms with E-state index in [4.69, 9.17) is 11.6 Å². The van der Waals surface area contributed by atoms with E-state index >= 15 is 0 Å². The molecule has 142 valence electrons. The maximum absolute atomic E-state index is 13.8. The molecule has 4 aromatic rings. The molecule has 9 nitrogen and oxygen atoms in total. The van der Waals surface area contributed by atoms with Gasteiger partial charge in [-0.1, -0.05) is 11.6 Å². The molecular weight excluding hydrogens is 387 g/mol. The van der Waals surface area contributed by atoms with Crippen LogP contribution in [-0.4, -0.2) is 35.3 Å². The summed E-state index contributed by atoms with van der Waals surface area (Å²) in [5.41, 5.74) is 1.94. The fraction of sp³-hybridized carbons (Fsp3) is 0.118. The summed E-state index contributed by atoms with van der Waals surface area (Å²) in [6.07, 6.45) is 3.72. The molecule has 0 bridgehead atoms. The van der Waals surface area contributed by atoms with Gasteiger partial charge >= 0.3 is 0 Å². The minimum Gasteiger partial charge on any atom is -0.336 e. The van der Waals surface area contributed by atoms with Crippen LogP contribution in [0.15, 0.2) is 36.8 Å². The molecule has 0 atom stereocenters. The topological polar surface area (TPSA) is 102 Å². The number of nitrogens with one attached hydrogen (secondary N) is 2. The lowest BCUT2D eigenvalue weighted by atomic mass is 10.3. The smallest absolute Gasteiger partial charge is 0.276 e. The molecule has 0 aromatic carbocycles. The van der Waals surface area contributed by atoms with E-state index in [9.17, 15) is 9.18 Å². The average Bonchev–Trinajstić information content (AvgIpc) is 3.20. The molecule has 11 heteroatoms. The summed E-state index contributed by atoms with van der Waals surface area (Å²) in [5, 5.41) is 14.2. The van der Waals surface area contributed by atoms with E-state index < -0.39 is 11.7 Å². The van der Waals surface area contributed by atoms with E-state index in [0.717, 1.165) is 11.9 Å². The van der Waals surface area contributed by atoms with Crippen molar-refractivity contribution < 1.29 is 9.18 Å². The summed E-state index contributed by atoms with van der Waals surface area (Å²) in [4.78, 5) is 20.5. The van der Waals surface area contributed by atoms with Gasteiger partial charge < -0.3 is 10.6 Å². The Kier molecular flexibility index (Phi) is 4.40. The molecule has 4 rings (SSSR count). The van der Waals surface area contributed by atoms with Crippen molar-refractivity contribution in [3.8, 4) is 0 Å². The van der Waals surface area contributed by atoms with Gasteiger partial charge in [0, 0.05) is 31.1 Å². The first-order chi connectivity index (χ1) is 13.4. The molecule has 0 fully saturated rings. The molecule has 4 heterocycles. The summed E-state index contributed by atoms with van der Waals surface area (Å²) in [7, 11) is 1.83. The summed E-state index contributed by atoms with van der Waals surface area (Å²) in [6, 6.07) is 4.79. The largest absolute Gasteiger partial charge is 0.336 e. The number of hydrogen-bond acceptors (Lipinski definition) is 6. The van der Waals surface area contributed by atoms with Crippen molar-refractivity contribution in [2.24, 2.45) is 7.05 Å². The van der Waals surface area contributed by atoms with Crippen LogP contribution in [0, 0.1) is 12.7 Å². The quantitative estimate of drug-likeness (QED) is 0.546. The molecule has 0 aliphatic carbocycles. The lowest BCUT2D eigenvalue weighted by Crippen LogP contribution is -2.16. The number of rotatable bonds is 4. The Morgan fingerprint density at radius 1 is 1.21 bits per heavy atom. The van der Waals surface area contributed by atoms with Crippen LogP contribution in [0.5, 0.6) is 0 Å². The molecule has 0 unspecified atom stereocenters. The number of fused-ring (bicyclic) bond motifs is 1. The van der Waals surface area contributed by atoms with Gasteiger partial charge in [-0.15, -0.1) is 0 Å². The van der Waals surface area contributed by atoms with Crippen molar-refractivity contribution >= 4 is 40.3 Å². The first-order valence-corrected chi connectivity index (χ1v) is 8.53. The lowest BCUT2D eigenvalue weighted by Gasteiger charge is -2.08. The molecule has 0 saturated heterocycles. The number of carbonyl (C=O) groups is 1. The maximum atomic E-state index is 13.8. The normalized spacial score (nSPS) is 11.0. The van der Waals surface area contributed by atoms with Crippen molar-refractivity contribution in [1.29, 1.82) is 0 Å². The SMILES string of the molecule is Cc1cc(Nc2cc(Cl)nn3c(C(=O)Nc4ccncc4F)cnc23)nn1C. The van der Waals surface area contributed by atoms with Gasteiger partial charge in [0.15, 0.2) is 28.1 Å². The number of amides is 1. The van der Waals surface area contributed by atoms with Gasteiger partial charge in [0.1, 0.15) is 0 Å². The van der Waals surface area contributed by atoms with Crippen LogP contribution in [0.3, 0.4) is 0 Å². The third-order valence-electron chi connectivity index (χ3n) is 4.07. The molecular formula is C17H14ClFN8O. The fourth-order valence-electron chi connectivity index (χ4n) is 2.61. The second kappa shape index (κ2) is 6.89. The van der Waals surface area contributed by atoms with Gasteiger partial charge in [-0.3, -0.25) is 14.5 Å². The van der Waals surface area contributed by atoms with Gasteiger partial charge in [0.05, 0.1) is 23.8 Å². The number of pyridine rings is 1. The molecule has 28 heavy (non-hydrogen) atoms. The maximum Gasteiger partial charge on any atom is 0.276 e. The number of aryl methyl sites for hydroxylation is 2. The molecule has 0 saturated carbocycles. The van der Waals surface area contributed by atoms with E-state index in [-0.39, 0.29) is 16.5 Å². The Hall–Kier alpha value is -3.53. The minimum atomic E-state index is -0.650. The van der Waals surface area contributed by atoms with E-state index in [1.807, 2.05) is 20.0 Å². The Morgan fingerprint density at radius 2 is 2.04 bits per heavy atom. The zero-order valence-corrected chi connectivity index (χ0v) is 15.6. The van der Waals surface area contributed by atoms with Crippen molar-refractivity contribution in [1.82, 2.24) is 29.4 Å². The third-order valence-corrected chi connectivity index (χ3v) is 4.25.